The van der Waals surface area contributed by atoms with Crippen LogP contribution in [0.25, 0.3) is 0 Å². The first kappa shape index (κ1) is 32.5. The lowest BCUT2D eigenvalue weighted by molar-refractivity contribution is -0.170. The Labute approximate surface area is 244 Å². The Kier molecular flexibility index (Phi) is 11.5. The van der Waals surface area contributed by atoms with Gasteiger partial charge in [0.1, 0.15) is 11.6 Å². The first-order chi connectivity index (χ1) is 19.9. The summed E-state index contributed by atoms with van der Waals surface area (Å²) in [5.74, 6) is -5.55. The van der Waals surface area contributed by atoms with Gasteiger partial charge in [0.15, 0.2) is 5.60 Å². The Morgan fingerprint density at radius 3 is 2.10 bits per heavy atom. The zero-order valence-corrected chi connectivity index (χ0v) is 23.0. The Balaban J connectivity index is 0.000000316. The summed E-state index contributed by atoms with van der Waals surface area (Å²) in [5, 5.41) is 34.2. The minimum absolute atomic E-state index is 0.00398. The van der Waals surface area contributed by atoms with Crippen molar-refractivity contribution in [3.63, 3.8) is 0 Å². The summed E-state index contributed by atoms with van der Waals surface area (Å²) < 4.78 is 33.7. The normalized spacial score (nSPS) is 16.5. The van der Waals surface area contributed by atoms with Crippen LogP contribution in [0.4, 0.5) is 8.78 Å². The summed E-state index contributed by atoms with van der Waals surface area (Å²) in [7, 11) is 0. The first-order valence-corrected chi connectivity index (χ1v) is 13.1. The molecule has 2 aromatic carbocycles. The molecule has 13 heteroatoms. The second-order valence-electron chi connectivity index (χ2n) is 9.70. The van der Waals surface area contributed by atoms with Crippen molar-refractivity contribution in [3.05, 3.63) is 100 Å². The molecule has 3 aromatic rings. The molecule has 0 spiro atoms. The van der Waals surface area contributed by atoms with E-state index in [-0.39, 0.29) is 23.6 Å². The van der Waals surface area contributed by atoms with Gasteiger partial charge in [-0.05, 0) is 47.5 Å². The van der Waals surface area contributed by atoms with Gasteiger partial charge in [-0.25, -0.2) is 13.6 Å². The van der Waals surface area contributed by atoms with Crippen LogP contribution in [-0.4, -0.2) is 73.1 Å². The highest BCUT2D eigenvalue weighted by Gasteiger charge is 2.41. The van der Waals surface area contributed by atoms with Crippen LogP contribution >= 0.6 is 11.6 Å². The topological polar surface area (TPSA) is 157 Å². The Morgan fingerprint density at radius 2 is 1.55 bits per heavy atom. The number of carboxylic acid groups (broad SMARTS) is 3. The molecule has 0 bridgehead atoms. The van der Waals surface area contributed by atoms with E-state index in [1.165, 1.54) is 18.2 Å². The van der Waals surface area contributed by atoms with Gasteiger partial charge in [-0.2, -0.15) is 0 Å². The number of carboxylic acids is 3. The van der Waals surface area contributed by atoms with Gasteiger partial charge in [0.2, 0.25) is 0 Å². The highest BCUT2D eigenvalue weighted by atomic mass is 35.5. The molecule has 1 aromatic heterocycles. The van der Waals surface area contributed by atoms with Crippen LogP contribution in [-0.2, 0) is 32.2 Å². The number of benzene rings is 2. The predicted octanol–water partition coefficient (Wildman–Crippen LogP) is 3.95. The number of carbonyl (C=O) groups is 3. The van der Waals surface area contributed by atoms with E-state index in [0.717, 1.165) is 11.1 Å². The summed E-state index contributed by atoms with van der Waals surface area (Å²) in [6.07, 6.45) is 1.20. The maximum Gasteiger partial charge on any atom is 0.336 e. The van der Waals surface area contributed by atoms with E-state index in [0.29, 0.717) is 36.9 Å². The third-order valence-electron chi connectivity index (χ3n) is 6.66. The van der Waals surface area contributed by atoms with Gasteiger partial charge in [-0.1, -0.05) is 29.8 Å². The Bertz CT molecular complexity index is 1340. The van der Waals surface area contributed by atoms with Crippen molar-refractivity contribution in [3.8, 4) is 0 Å². The molecule has 42 heavy (non-hydrogen) atoms. The summed E-state index contributed by atoms with van der Waals surface area (Å²) >= 11 is 6.30. The van der Waals surface area contributed by atoms with Crippen LogP contribution in [0.2, 0.25) is 5.02 Å². The van der Waals surface area contributed by atoms with Crippen molar-refractivity contribution in [1.82, 2.24) is 9.88 Å². The Morgan fingerprint density at radius 1 is 0.929 bits per heavy atom. The van der Waals surface area contributed by atoms with Gasteiger partial charge in [0.25, 0.3) is 0 Å². The van der Waals surface area contributed by atoms with Gasteiger partial charge in [-0.3, -0.25) is 19.5 Å². The zero-order chi connectivity index (χ0) is 30.9. The monoisotopic (exact) mass is 606 g/mol. The van der Waals surface area contributed by atoms with Crippen molar-refractivity contribution in [2.75, 3.05) is 13.2 Å². The SMILES string of the molecule is Fc1ccc([C@@H]2COC[C@H]2N(Cc2ccncc2)Cc2c(F)cccc2Cl)cc1.O=C(O)CC(O)(CC(=O)O)C(=O)O. The molecular weight excluding hydrogens is 578 g/mol. The molecule has 0 aliphatic carbocycles. The smallest absolute Gasteiger partial charge is 0.336 e. The number of aliphatic carboxylic acids is 3. The van der Waals surface area contributed by atoms with E-state index < -0.39 is 36.4 Å². The molecule has 10 nitrogen and oxygen atoms in total. The molecule has 4 N–H and O–H groups in total. The molecule has 224 valence electrons. The molecule has 1 fully saturated rings. The van der Waals surface area contributed by atoms with E-state index in [4.69, 9.17) is 36.8 Å². The van der Waals surface area contributed by atoms with E-state index in [1.54, 1.807) is 36.7 Å². The fraction of sp³-hybridized carbons (Fsp3) is 0.310. The third kappa shape index (κ3) is 9.02. The van der Waals surface area contributed by atoms with Crippen molar-refractivity contribution >= 4 is 29.5 Å². The van der Waals surface area contributed by atoms with Crippen LogP contribution in [0.15, 0.2) is 67.0 Å². The van der Waals surface area contributed by atoms with Crippen LogP contribution in [0, 0.1) is 11.6 Å². The van der Waals surface area contributed by atoms with Gasteiger partial charge in [0, 0.05) is 48.0 Å². The van der Waals surface area contributed by atoms with Crippen molar-refractivity contribution in [1.29, 1.82) is 0 Å². The fourth-order valence-corrected chi connectivity index (χ4v) is 4.77. The molecule has 1 saturated heterocycles. The summed E-state index contributed by atoms with van der Waals surface area (Å²) in [5.41, 5.74) is -0.198. The van der Waals surface area contributed by atoms with E-state index in [9.17, 15) is 23.2 Å². The number of hydrogen-bond donors (Lipinski definition) is 4. The minimum Gasteiger partial charge on any atom is -0.481 e. The summed E-state index contributed by atoms with van der Waals surface area (Å²) in [4.78, 5) is 36.7. The highest BCUT2D eigenvalue weighted by Crippen LogP contribution is 2.33. The van der Waals surface area contributed by atoms with Gasteiger partial charge < -0.3 is 25.2 Å². The lowest BCUT2D eigenvalue weighted by Gasteiger charge is -2.32. The third-order valence-corrected chi connectivity index (χ3v) is 7.02. The number of aromatic nitrogens is 1. The van der Waals surface area contributed by atoms with E-state index in [2.05, 4.69) is 9.88 Å². The average Bonchev–Trinajstić information content (AvgIpc) is 3.40. The fourth-order valence-electron chi connectivity index (χ4n) is 4.54. The number of halogens is 3. The second-order valence-corrected chi connectivity index (χ2v) is 10.1. The standard InChI is InChI=1S/C23H21ClF2N2O.C6H8O7/c24-21-2-1-3-22(26)19(21)13-28(12-16-8-10-27-11-9-16)23-15-29-14-20(23)17-4-6-18(25)7-5-17;7-3(8)1-6(13,5(11)12)2-4(9)10/h1-11,20,23H,12-15H2;13H,1-2H2,(H,7,8)(H,9,10)(H,11,12)/t20-,23+;/m0./s1. The molecule has 0 unspecified atom stereocenters. The van der Waals surface area contributed by atoms with Gasteiger partial charge in [-0.15, -0.1) is 0 Å². The molecular formula is C29H29ClF2N2O8. The number of aliphatic hydroxyl groups is 1. The van der Waals surface area contributed by atoms with Crippen LogP contribution in [0.1, 0.15) is 35.4 Å². The molecule has 0 amide bonds. The quantitative estimate of drug-likeness (QED) is 0.252. The maximum atomic E-state index is 14.5. The molecule has 4 rings (SSSR count). The van der Waals surface area contributed by atoms with Gasteiger partial charge >= 0.3 is 17.9 Å². The first-order valence-electron chi connectivity index (χ1n) is 12.7. The number of nitrogens with zero attached hydrogens (tertiary/aromatic N) is 2. The lowest BCUT2D eigenvalue weighted by atomic mass is 9.92. The van der Waals surface area contributed by atoms with Crippen LogP contribution in [0.3, 0.4) is 0 Å². The number of pyridine rings is 1. The highest BCUT2D eigenvalue weighted by molar-refractivity contribution is 6.31. The molecule has 0 radical (unpaired) electrons. The average molecular weight is 607 g/mol. The van der Waals surface area contributed by atoms with Crippen LogP contribution < -0.4 is 0 Å². The largest absolute Gasteiger partial charge is 0.481 e. The number of hydrogen-bond acceptors (Lipinski definition) is 7. The maximum absolute atomic E-state index is 14.5. The van der Waals surface area contributed by atoms with E-state index >= 15 is 0 Å². The Hall–Kier alpha value is -3.97. The molecule has 1 aliphatic heterocycles. The molecule has 2 atom stereocenters. The van der Waals surface area contributed by atoms with Gasteiger partial charge in [0.05, 0.1) is 26.1 Å². The molecule has 2 heterocycles. The van der Waals surface area contributed by atoms with Crippen molar-refractivity contribution in [2.24, 2.45) is 0 Å². The molecule has 0 saturated carbocycles. The second kappa shape index (κ2) is 14.8. The van der Waals surface area contributed by atoms with Crippen LogP contribution in [0.5, 0.6) is 0 Å². The summed E-state index contributed by atoms with van der Waals surface area (Å²) in [6.45, 7) is 1.99. The van der Waals surface area contributed by atoms with Crippen molar-refractivity contribution < 1.29 is 48.3 Å². The zero-order valence-electron chi connectivity index (χ0n) is 22.2. The summed E-state index contributed by atoms with van der Waals surface area (Å²) in [6, 6.07) is 15.1. The number of ether oxygens (including phenoxy) is 1. The lowest BCUT2D eigenvalue weighted by Crippen LogP contribution is -2.42. The van der Waals surface area contributed by atoms with E-state index in [1.807, 2.05) is 12.1 Å². The molecule has 1 aliphatic rings. The predicted molar refractivity (Wildman–Crippen MR) is 146 cm³/mol. The number of rotatable bonds is 11. The van der Waals surface area contributed by atoms with Crippen molar-refractivity contribution in [2.45, 2.75) is 43.5 Å². The minimum atomic E-state index is -2.74.